The molecule has 3 rings (SSSR count). The number of amides is 2. The minimum Gasteiger partial charge on any atom is -0.495 e. The molecule has 6 nitrogen and oxygen atoms in total. The average Bonchev–Trinajstić information content (AvgIpc) is 2.68. The van der Waals surface area contributed by atoms with E-state index >= 15 is 0 Å². The third-order valence-electron chi connectivity index (χ3n) is 3.75. The van der Waals surface area contributed by atoms with Crippen LogP contribution in [0.25, 0.3) is 10.8 Å². The number of hydrogen-bond acceptors (Lipinski definition) is 4. The van der Waals surface area contributed by atoms with E-state index in [-0.39, 0.29) is 0 Å². The first-order valence-corrected chi connectivity index (χ1v) is 7.94. The van der Waals surface area contributed by atoms with Gasteiger partial charge >= 0.3 is 11.8 Å². The van der Waals surface area contributed by atoms with Gasteiger partial charge in [-0.2, -0.15) is 5.10 Å². The summed E-state index contributed by atoms with van der Waals surface area (Å²) < 4.78 is 5.13. The number of anilines is 1. The molecule has 0 saturated carbocycles. The number of para-hydroxylation sites is 2. The molecule has 6 heteroatoms. The molecule has 0 heterocycles. The highest BCUT2D eigenvalue weighted by Gasteiger charge is 2.14. The number of nitrogens with one attached hydrogen (secondary N) is 2. The number of methoxy groups -OCH3 is 1. The molecule has 0 aromatic heterocycles. The Bertz CT molecular complexity index is 977. The third-order valence-corrected chi connectivity index (χ3v) is 3.75. The molecule has 2 amide bonds. The normalized spacial score (nSPS) is 10.7. The Labute approximate surface area is 150 Å². The molecule has 0 aliphatic carbocycles. The van der Waals surface area contributed by atoms with E-state index in [1.165, 1.54) is 13.3 Å². The smallest absolute Gasteiger partial charge is 0.329 e. The maximum Gasteiger partial charge on any atom is 0.329 e. The molecule has 130 valence electrons. The zero-order valence-electron chi connectivity index (χ0n) is 14.1. The first kappa shape index (κ1) is 17.2. The topological polar surface area (TPSA) is 79.8 Å². The molecule has 3 aromatic carbocycles. The summed E-state index contributed by atoms with van der Waals surface area (Å²) in [5.74, 6) is -1.23. The average molecular weight is 347 g/mol. The van der Waals surface area contributed by atoms with E-state index in [9.17, 15) is 9.59 Å². The number of benzene rings is 3. The van der Waals surface area contributed by atoms with Crippen molar-refractivity contribution in [1.82, 2.24) is 5.43 Å². The van der Waals surface area contributed by atoms with Gasteiger partial charge in [-0.25, -0.2) is 5.43 Å². The van der Waals surface area contributed by atoms with Crippen molar-refractivity contribution in [3.63, 3.8) is 0 Å². The molecule has 0 unspecified atom stereocenters. The number of nitrogens with zero attached hydrogens (tertiary/aromatic N) is 1. The van der Waals surface area contributed by atoms with Gasteiger partial charge in [0.15, 0.2) is 0 Å². The molecule has 2 N–H and O–H groups in total. The second-order valence-electron chi connectivity index (χ2n) is 5.42. The SMILES string of the molecule is COc1ccccc1NC(=O)C(=O)NN=Cc1cccc2ccccc12. The Kier molecular flexibility index (Phi) is 5.24. The predicted octanol–water partition coefficient (Wildman–Crippen LogP) is 2.94. The van der Waals surface area contributed by atoms with Crippen LogP contribution >= 0.6 is 0 Å². The minimum atomic E-state index is -0.868. The summed E-state index contributed by atoms with van der Waals surface area (Å²) in [6.45, 7) is 0. The van der Waals surface area contributed by atoms with Crippen molar-refractivity contribution in [3.8, 4) is 5.75 Å². The van der Waals surface area contributed by atoms with Gasteiger partial charge in [0, 0.05) is 5.56 Å². The molecule has 3 aromatic rings. The summed E-state index contributed by atoms with van der Waals surface area (Å²) in [6.07, 6.45) is 1.51. The monoisotopic (exact) mass is 347 g/mol. The van der Waals surface area contributed by atoms with Crippen molar-refractivity contribution in [2.45, 2.75) is 0 Å². The van der Waals surface area contributed by atoms with Crippen molar-refractivity contribution in [1.29, 1.82) is 0 Å². The van der Waals surface area contributed by atoms with Gasteiger partial charge in [0.2, 0.25) is 0 Å². The van der Waals surface area contributed by atoms with E-state index in [4.69, 9.17) is 4.74 Å². The molecule has 0 atom stereocenters. The van der Waals surface area contributed by atoms with E-state index in [0.29, 0.717) is 11.4 Å². The quantitative estimate of drug-likeness (QED) is 0.433. The van der Waals surface area contributed by atoms with Gasteiger partial charge < -0.3 is 10.1 Å². The summed E-state index contributed by atoms with van der Waals surface area (Å²) in [5.41, 5.74) is 3.48. The van der Waals surface area contributed by atoms with Crippen LogP contribution in [0.1, 0.15) is 5.56 Å². The van der Waals surface area contributed by atoms with Crippen LogP contribution in [0.3, 0.4) is 0 Å². The molecule has 0 fully saturated rings. The van der Waals surface area contributed by atoms with Crippen molar-refractivity contribution in [3.05, 3.63) is 72.3 Å². The zero-order valence-corrected chi connectivity index (χ0v) is 14.1. The number of carbonyl (C=O) groups is 2. The van der Waals surface area contributed by atoms with Crippen molar-refractivity contribution < 1.29 is 14.3 Å². The fraction of sp³-hybridized carbons (Fsp3) is 0.0500. The van der Waals surface area contributed by atoms with E-state index in [1.807, 2.05) is 42.5 Å². The number of rotatable bonds is 4. The summed E-state index contributed by atoms with van der Waals surface area (Å²) >= 11 is 0. The third kappa shape index (κ3) is 3.87. The fourth-order valence-corrected chi connectivity index (χ4v) is 2.50. The Morgan fingerprint density at radius 3 is 2.50 bits per heavy atom. The van der Waals surface area contributed by atoms with Crippen LogP contribution < -0.4 is 15.5 Å². The van der Waals surface area contributed by atoms with Crippen LogP contribution in [0.2, 0.25) is 0 Å². The highest BCUT2D eigenvalue weighted by atomic mass is 16.5. The lowest BCUT2D eigenvalue weighted by molar-refractivity contribution is -0.136. The number of hydrazone groups is 1. The van der Waals surface area contributed by atoms with Gasteiger partial charge in [-0.15, -0.1) is 0 Å². The number of carbonyl (C=O) groups excluding carboxylic acids is 2. The number of fused-ring (bicyclic) bond motifs is 1. The molecule has 0 saturated heterocycles. The molecule has 26 heavy (non-hydrogen) atoms. The van der Waals surface area contributed by atoms with E-state index in [2.05, 4.69) is 15.8 Å². The summed E-state index contributed by atoms with van der Waals surface area (Å²) in [7, 11) is 1.49. The molecular weight excluding hydrogens is 330 g/mol. The van der Waals surface area contributed by atoms with Crippen molar-refractivity contribution in [2.75, 3.05) is 12.4 Å². The molecule has 0 spiro atoms. The molecule has 0 aliphatic heterocycles. The Morgan fingerprint density at radius 2 is 1.65 bits per heavy atom. The van der Waals surface area contributed by atoms with E-state index in [0.717, 1.165) is 16.3 Å². The van der Waals surface area contributed by atoms with Crippen molar-refractivity contribution >= 4 is 34.5 Å². The second kappa shape index (κ2) is 7.94. The Morgan fingerprint density at radius 1 is 0.923 bits per heavy atom. The lowest BCUT2D eigenvalue weighted by Gasteiger charge is -2.08. The van der Waals surface area contributed by atoms with Gasteiger partial charge in [-0.3, -0.25) is 9.59 Å². The summed E-state index contributed by atoms with van der Waals surface area (Å²) in [6, 6.07) is 20.4. The largest absolute Gasteiger partial charge is 0.495 e. The molecule has 0 bridgehead atoms. The van der Waals surface area contributed by atoms with Gasteiger partial charge in [0.1, 0.15) is 5.75 Å². The summed E-state index contributed by atoms with van der Waals surface area (Å²) in [4.78, 5) is 23.9. The Hall–Kier alpha value is -3.67. The predicted molar refractivity (Wildman–Crippen MR) is 101 cm³/mol. The fourth-order valence-electron chi connectivity index (χ4n) is 2.50. The second-order valence-corrected chi connectivity index (χ2v) is 5.42. The lowest BCUT2D eigenvalue weighted by Crippen LogP contribution is -2.32. The van der Waals surface area contributed by atoms with Gasteiger partial charge in [0.05, 0.1) is 19.0 Å². The van der Waals surface area contributed by atoms with E-state index < -0.39 is 11.8 Å². The minimum absolute atomic E-state index is 0.410. The molecule has 0 radical (unpaired) electrons. The number of ether oxygens (including phenoxy) is 1. The lowest BCUT2D eigenvalue weighted by atomic mass is 10.1. The van der Waals surface area contributed by atoms with Gasteiger partial charge in [-0.1, -0.05) is 54.6 Å². The van der Waals surface area contributed by atoms with Crippen molar-refractivity contribution in [2.24, 2.45) is 5.10 Å². The molecule has 0 aliphatic rings. The first-order chi connectivity index (χ1) is 12.7. The first-order valence-electron chi connectivity index (χ1n) is 7.94. The highest BCUT2D eigenvalue weighted by molar-refractivity contribution is 6.39. The van der Waals surface area contributed by atoms with Crippen LogP contribution in [0, 0.1) is 0 Å². The van der Waals surface area contributed by atoms with Crippen LogP contribution in [0.5, 0.6) is 5.75 Å². The van der Waals surface area contributed by atoms with Crippen LogP contribution in [-0.4, -0.2) is 25.1 Å². The highest BCUT2D eigenvalue weighted by Crippen LogP contribution is 2.22. The number of hydrogen-bond donors (Lipinski definition) is 2. The summed E-state index contributed by atoms with van der Waals surface area (Å²) in [5, 5.41) is 8.44. The van der Waals surface area contributed by atoms with Crippen LogP contribution in [-0.2, 0) is 9.59 Å². The van der Waals surface area contributed by atoms with Gasteiger partial charge in [0.25, 0.3) is 0 Å². The van der Waals surface area contributed by atoms with Crippen LogP contribution in [0.15, 0.2) is 71.8 Å². The zero-order chi connectivity index (χ0) is 18.4. The standard InChI is InChI=1S/C20H17N3O3/c1-26-18-12-5-4-11-17(18)22-19(24)20(25)23-21-13-15-9-6-8-14-7-2-3-10-16(14)15/h2-13H,1H3,(H,22,24)(H,23,25). The van der Waals surface area contributed by atoms with Crippen LogP contribution in [0.4, 0.5) is 5.69 Å². The maximum absolute atomic E-state index is 12.0. The maximum atomic E-state index is 12.0. The van der Waals surface area contributed by atoms with E-state index in [1.54, 1.807) is 24.3 Å². The molecular formula is C20H17N3O3. The van der Waals surface area contributed by atoms with Gasteiger partial charge in [-0.05, 0) is 22.9 Å². The Balaban J connectivity index is 1.66.